The van der Waals surface area contributed by atoms with Gasteiger partial charge >= 0.3 is 0 Å². The first-order valence-corrected chi connectivity index (χ1v) is 7.79. The minimum atomic E-state index is -0.576. The zero-order valence-electron chi connectivity index (χ0n) is 11.5. The van der Waals surface area contributed by atoms with E-state index in [1.807, 2.05) is 0 Å². The molecule has 2 atom stereocenters. The van der Waals surface area contributed by atoms with Gasteiger partial charge in [-0.3, -0.25) is 0 Å². The van der Waals surface area contributed by atoms with E-state index in [4.69, 9.17) is 4.74 Å². The molecular formula is C15H28FNO. The van der Waals surface area contributed by atoms with Crippen LogP contribution in [0, 0.1) is 11.8 Å². The molecule has 2 fully saturated rings. The van der Waals surface area contributed by atoms with Gasteiger partial charge in [-0.15, -0.1) is 0 Å². The van der Waals surface area contributed by atoms with Crippen LogP contribution >= 0.6 is 0 Å². The maximum absolute atomic E-state index is 14.0. The summed E-state index contributed by atoms with van der Waals surface area (Å²) in [6.45, 7) is 3.84. The van der Waals surface area contributed by atoms with Gasteiger partial charge in [0.05, 0.1) is 0 Å². The monoisotopic (exact) mass is 257 g/mol. The van der Waals surface area contributed by atoms with E-state index in [1.165, 1.54) is 25.7 Å². The number of nitrogens with one attached hydrogen (secondary N) is 1. The van der Waals surface area contributed by atoms with Crippen molar-refractivity contribution in [3.63, 3.8) is 0 Å². The number of ether oxygens (including phenoxy) is 1. The molecule has 0 saturated carbocycles. The van der Waals surface area contributed by atoms with E-state index in [0.29, 0.717) is 0 Å². The molecule has 2 rings (SSSR count). The fourth-order valence-corrected chi connectivity index (χ4v) is 3.23. The number of alkyl halides is 1. The molecule has 2 saturated heterocycles. The van der Waals surface area contributed by atoms with Gasteiger partial charge in [0.2, 0.25) is 0 Å². The van der Waals surface area contributed by atoms with Crippen molar-refractivity contribution >= 4 is 0 Å². The molecule has 0 aromatic heterocycles. The Hall–Kier alpha value is -0.150. The van der Waals surface area contributed by atoms with Crippen molar-refractivity contribution in [2.24, 2.45) is 11.8 Å². The minimum Gasteiger partial charge on any atom is -0.381 e. The molecule has 1 N–H and O–H groups in total. The Morgan fingerprint density at radius 2 is 2.00 bits per heavy atom. The third kappa shape index (κ3) is 4.85. The van der Waals surface area contributed by atoms with E-state index in [9.17, 15) is 4.39 Å². The molecule has 2 nitrogen and oxygen atoms in total. The van der Waals surface area contributed by atoms with Gasteiger partial charge in [-0.05, 0) is 44.6 Å². The summed E-state index contributed by atoms with van der Waals surface area (Å²) in [5.74, 6) is 1.12. The van der Waals surface area contributed by atoms with Crippen molar-refractivity contribution in [1.29, 1.82) is 0 Å². The molecule has 106 valence electrons. The summed E-state index contributed by atoms with van der Waals surface area (Å²) in [4.78, 5) is 0. The minimum absolute atomic E-state index is 0.279. The molecule has 2 heterocycles. The highest BCUT2D eigenvalue weighted by molar-refractivity contribution is 4.76. The van der Waals surface area contributed by atoms with Gasteiger partial charge in [0, 0.05) is 25.7 Å². The SMILES string of the molecule is FC(CCCCC1CCOCC1)C1CCCNC1. The largest absolute Gasteiger partial charge is 0.381 e. The van der Waals surface area contributed by atoms with Crippen LogP contribution in [0.5, 0.6) is 0 Å². The van der Waals surface area contributed by atoms with Gasteiger partial charge in [0.1, 0.15) is 6.17 Å². The average molecular weight is 257 g/mol. The first kappa shape index (κ1) is 14.3. The fraction of sp³-hybridized carbons (Fsp3) is 1.00. The quantitative estimate of drug-likeness (QED) is 0.737. The molecule has 18 heavy (non-hydrogen) atoms. The summed E-state index contributed by atoms with van der Waals surface area (Å²) in [6.07, 6.45) is 8.39. The molecule has 2 unspecified atom stereocenters. The number of hydrogen-bond acceptors (Lipinski definition) is 2. The molecule has 0 aromatic carbocycles. The maximum Gasteiger partial charge on any atom is 0.104 e. The smallest absolute Gasteiger partial charge is 0.104 e. The zero-order chi connectivity index (χ0) is 12.6. The number of unbranched alkanes of at least 4 members (excludes halogenated alkanes) is 1. The lowest BCUT2D eigenvalue weighted by Gasteiger charge is -2.26. The van der Waals surface area contributed by atoms with Crippen LogP contribution in [0.1, 0.15) is 51.4 Å². The van der Waals surface area contributed by atoms with Crippen molar-refractivity contribution in [3.05, 3.63) is 0 Å². The standard InChI is InChI=1S/C15H28FNO/c16-15(14-5-3-9-17-12-14)6-2-1-4-13-7-10-18-11-8-13/h13-15,17H,1-12H2. The molecule has 0 bridgehead atoms. The van der Waals surface area contributed by atoms with Crippen LogP contribution < -0.4 is 5.32 Å². The third-order valence-electron chi connectivity index (χ3n) is 4.53. The highest BCUT2D eigenvalue weighted by atomic mass is 19.1. The lowest BCUT2D eigenvalue weighted by molar-refractivity contribution is 0.0627. The number of rotatable bonds is 6. The molecule has 0 amide bonds. The fourth-order valence-electron chi connectivity index (χ4n) is 3.23. The number of halogens is 1. The van der Waals surface area contributed by atoms with Crippen molar-refractivity contribution in [1.82, 2.24) is 5.32 Å². The van der Waals surface area contributed by atoms with Crippen LogP contribution in [-0.2, 0) is 4.74 Å². The lowest BCUT2D eigenvalue weighted by Crippen LogP contribution is -2.35. The van der Waals surface area contributed by atoms with Gasteiger partial charge in [0.25, 0.3) is 0 Å². The molecule has 0 aromatic rings. The van der Waals surface area contributed by atoms with Crippen LogP contribution in [-0.4, -0.2) is 32.5 Å². The van der Waals surface area contributed by atoms with Crippen molar-refractivity contribution in [2.45, 2.75) is 57.5 Å². The molecule has 0 spiro atoms. The molecule has 0 aliphatic carbocycles. The molecule has 2 aliphatic rings. The van der Waals surface area contributed by atoms with Gasteiger partial charge in [0.15, 0.2) is 0 Å². The molecular weight excluding hydrogens is 229 g/mol. The molecule has 3 heteroatoms. The van der Waals surface area contributed by atoms with Gasteiger partial charge in [-0.25, -0.2) is 4.39 Å². The van der Waals surface area contributed by atoms with Crippen LogP contribution in [0.3, 0.4) is 0 Å². The second-order valence-corrected chi connectivity index (χ2v) is 5.96. The Labute approximate surface area is 111 Å². The third-order valence-corrected chi connectivity index (χ3v) is 4.53. The van der Waals surface area contributed by atoms with Crippen LogP contribution in [0.4, 0.5) is 4.39 Å². The zero-order valence-corrected chi connectivity index (χ0v) is 11.5. The van der Waals surface area contributed by atoms with Crippen molar-refractivity contribution in [2.75, 3.05) is 26.3 Å². The predicted octanol–water partition coefficient (Wildman–Crippen LogP) is 3.31. The normalized spacial score (nSPS) is 28.2. The number of piperidine rings is 1. The van der Waals surface area contributed by atoms with E-state index >= 15 is 0 Å². The Bertz CT molecular complexity index is 213. The first-order chi connectivity index (χ1) is 8.86. The lowest BCUT2D eigenvalue weighted by atomic mass is 9.90. The summed E-state index contributed by atoms with van der Waals surface area (Å²) < 4.78 is 19.4. The van der Waals surface area contributed by atoms with E-state index in [1.54, 1.807) is 0 Å². The van der Waals surface area contributed by atoms with E-state index < -0.39 is 6.17 Å². The van der Waals surface area contributed by atoms with Crippen molar-refractivity contribution in [3.8, 4) is 0 Å². The Morgan fingerprint density at radius 3 is 2.72 bits per heavy atom. The van der Waals surface area contributed by atoms with E-state index in [2.05, 4.69) is 5.32 Å². The van der Waals surface area contributed by atoms with Crippen molar-refractivity contribution < 1.29 is 9.13 Å². The maximum atomic E-state index is 14.0. The Kier molecular flexibility index (Phi) is 6.42. The predicted molar refractivity (Wildman–Crippen MR) is 72.5 cm³/mol. The summed E-state index contributed by atoms with van der Waals surface area (Å²) >= 11 is 0. The van der Waals surface area contributed by atoms with Crippen LogP contribution in [0.2, 0.25) is 0 Å². The van der Waals surface area contributed by atoms with E-state index in [0.717, 1.165) is 57.9 Å². The van der Waals surface area contributed by atoms with Gasteiger partial charge < -0.3 is 10.1 Å². The topological polar surface area (TPSA) is 21.3 Å². The highest BCUT2D eigenvalue weighted by Gasteiger charge is 2.22. The summed E-state index contributed by atoms with van der Waals surface area (Å²) in [5, 5.41) is 3.30. The summed E-state index contributed by atoms with van der Waals surface area (Å²) in [5.41, 5.74) is 0. The second kappa shape index (κ2) is 8.11. The highest BCUT2D eigenvalue weighted by Crippen LogP contribution is 2.24. The van der Waals surface area contributed by atoms with Gasteiger partial charge in [-0.2, -0.15) is 0 Å². The van der Waals surface area contributed by atoms with E-state index in [-0.39, 0.29) is 5.92 Å². The second-order valence-electron chi connectivity index (χ2n) is 5.96. The number of hydrogen-bond donors (Lipinski definition) is 1. The average Bonchev–Trinajstić information content (AvgIpc) is 2.45. The Morgan fingerprint density at radius 1 is 1.17 bits per heavy atom. The molecule has 0 radical (unpaired) electrons. The van der Waals surface area contributed by atoms with Gasteiger partial charge in [-0.1, -0.05) is 19.3 Å². The van der Waals surface area contributed by atoms with Crippen LogP contribution in [0.25, 0.3) is 0 Å². The molecule has 2 aliphatic heterocycles. The summed E-state index contributed by atoms with van der Waals surface area (Å²) in [7, 11) is 0. The summed E-state index contributed by atoms with van der Waals surface area (Å²) in [6, 6.07) is 0. The Balaban J connectivity index is 1.51. The first-order valence-electron chi connectivity index (χ1n) is 7.79. The van der Waals surface area contributed by atoms with Crippen LogP contribution in [0.15, 0.2) is 0 Å².